The van der Waals surface area contributed by atoms with Crippen molar-refractivity contribution in [2.75, 3.05) is 0 Å². The van der Waals surface area contributed by atoms with Crippen LogP contribution >= 0.6 is 0 Å². The minimum Gasteiger partial charge on any atom is -0.174 e. The first kappa shape index (κ1) is 7.70. The van der Waals surface area contributed by atoms with Crippen LogP contribution in [0.4, 0.5) is 8.78 Å². The molecule has 0 bridgehead atoms. The maximum atomic E-state index is 11.7. The van der Waals surface area contributed by atoms with E-state index in [2.05, 4.69) is 0 Å². The fourth-order valence-corrected chi connectivity index (χ4v) is 1.48. The highest BCUT2D eigenvalue weighted by Gasteiger charge is 2.11. The maximum Gasteiger partial charge on any atom is 0.266 e. The van der Waals surface area contributed by atoms with E-state index in [1.807, 2.05) is 0 Å². The van der Waals surface area contributed by atoms with Gasteiger partial charge in [0.15, 0.2) is 0 Å². The van der Waals surface area contributed by atoms with E-state index in [-0.39, 0.29) is 5.92 Å². The van der Waals surface area contributed by atoms with Crippen LogP contribution in [0.15, 0.2) is 12.2 Å². The van der Waals surface area contributed by atoms with Crippen molar-refractivity contribution >= 4 is 0 Å². The van der Waals surface area contributed by atoms with Crippen LogP contribution < -0.4 is 0 Å². The number of hydrogen-bond donors (Lipinski definition) is 0. The molecule has 0 aromatic carbocycles. The molecule has 10 heavy (non-hydrogen) atoms. The maximum absolute atomic E-state index is 11.7. The van der Waals surface area contributed by atoms with E-state index in [9.17, 15) is 8.78 Å². The van der Waals surface area contributed by atoms with Gasteiger partial charge in [-0.2, -0.15) is 8.78 Å². The van der Waals surface area contributed by atoms with E-state index >= 15 is 0 Å². The van der Waals surface area contributed by atoms with Gasteiger partial charge in [0.25, 0.3) is 6.08 Å². The van der Waals surface area contributed by atoms with Crippen LogP contribution in [-0.2, 0) is 0 Å². The van der Waals surface area contributed by atoms with Crippen LogP contribution in [0.1, 0.15) is 32.1 Å². The third-order valence-corrected chi connectivity index (χ3v) is 2.01. The molecule has 0 atom stereocenters. The normalized spacial score (nSPS) is 20.6. The van der Waals surface area contributed by atoms with Crippen molar-refractivity contribution in [2.24, 2.45) is 5.92 Å². The quantitative estimate of drug-likeness (QED) is 0.532. The van der Waals surface area contributed by atoms with Crippen molar-refractivity contribution in [1.29, 1.82) is 0 Å². The zero-order chi connectivity index (χ0) is 7.40. The molecule has 0 heterocycles. The molecule has 0 aromatic heterocycles. The van der Waals surface area contributed by atoms with Crippen molar-refractivity contribution in [3.63, 3.8) is 0 Å². The second-order valence-corrected chi connectivity index (χ2v) is 2.85. The van der Waals surface area contributed by atoms with Gasteiger partial charge < -0.3 is 0 Å². The van der Waals surface area contributed by atoms with Gasteiger partial charge in [-0.3, -0.25) is 0 Å². The summed E-state index contributed by atoms with van der Waals surface area (Å²) in [6, 6.07) is 0. The Morgan fingerprint density at radius 1 is 1.10 bits per heavy atom. The Morgan fingerprint density at radius 2 is 1.70 bits per heavy atom. The lowest BCUT2D eigenvalue weighted by Gasteiger charge is -2.16. The molecule has 2 heteroatoms. The third-order valence-electron chi connectivity index (χ3n) is 2.01. The molecule has 1 rings (SSSR count). The van der Waals surface area contributed by atoms with Gasteiger partial charge in [-0.1, -0.05) is 19.3 Å². The molecule has 0 N–H and O–H groups in total. The van der Waals surface area contributed by atoms with Gasteiger partial charge in [-0.15, -0.1) is 0 Å². The topological polar surface area (TPSA) is 0 Å². The Morgan fingerprint density at radius 3 is 2.20 bits per heavy atom. The predicted molar refractivity (Wildman–Crippen MR) is 36.9 cm³/mol. The van der Waals surface area contributed by atoms with Gasteiger partial charge in [0.1, 0.15) is 0 Å². The molecule has 0 amide bonds. The number of allylic oxidation sites excluding steroid dienone is 1. The highest BCUT2D eigenvalue weighted by Crippen LogP contribution is 2.25. The third kappa shape index (κ3) is 2.46. The summed E-state index contributed by atoms with van der Waals surface area (Å²) < 4.78 is 23.4. The van der Waals surface area contributed by atoms with Gasteiger partial charge >= 0.3 is 0 Å². The average Bonchev–Trinajstić information content (AvgIpc) is 1.88. The van der Waals surface area contributed by atoms with Crippen molar-refractivity contribution in [3.05, 3.63) is 12.2 Å². The first-order chi connectivity index (χ1) is 4.79. The molecule has 0 radical (unpaired) electrons. The van der Waals surface area contributed by atoms with Crippen LogP contribution in [0.3, 0.4) is 0 Å². The van der Waals surface area contributed by atoms with Crippen molar-refractivity contribution in [2.45, 2.75) is 32.1 Å². The molecular weight excluding hydrogens is 134 g/mol. The zero-order valence-electron chi connectivity index (χ0n) is 5.95. The van der Waals surface area contributed by atoms with E-state index in [4.69, 9.17) is 0 Å². The molecule has 0 nitrogen and oxygen atoms in total. The standard InChI is InChI=1S/C8H12F2/c9-8(10)6-7-4-2-1-3-5-7/h6-7H,1-5H2. The summed E-state index contributed by atoms with van der Waals surface area (Å²) in [7, 11) is 0. The minimum absolute atomic E-state index is 0.166. The number of halogens is 2. The van der Waals surface area contributed by atoms with Gasteiger partial charge in [-0.25, -0.2) is 0 Å². The van der Waals surface area contributed by atoms with Gasteiger partial charge in [0.2, 0.25) is 0 Å². The summed E-state index contributed by atoms with van der Waals surface area (Å²) in [5.74, 6) is 0.166. The van der Waals surface area contributed by atoms with E-state index in [0.717, 1.165) is 31.8 Å². The highest BCUT2D eigenvalue weighted by molar-refractivity contribution is 4.89. The second-order valence-electron chi connectivity index (χ2n) is 2.85. The Hall–Kier alpha value is -0.400. The Bertz CT molecular complexity index is 119. The Kier molecular flexibility index (Phi) is 2.84. The predicted octanol–water partition coefficient (Wildman–Crippen LogP) is 3.35. The summed E-state index contributed by atoms with van der Waals surface area (Å²) >= 11 is 0. The van der Waals surface area contributed by atoms with Gasteiger partial charge in [0.05, 0.1) is 0 Å². The Labute approximate surface area is 59.9 Å². The molecular formula is C8H12F2. The van der Waals surface area contributed by atoms with Crippen LogP contribution in [0.25, 0.3) is 0 Å². The summed E-state index contributed by atoms with van der Waals surface area (Å²) in [5.41, 5.74) is 0. The van der Waals surface area contributed by atoms with Crippen molar-refractivity contribution < 1.29 is 8.78 Å². The molecule has 1 aliphatic carbocycles. The molecule has 0 saturated heterocycles. The fraction of sp³-hybridized carbons (Fsp3) is 0.750. The summed E-state index contributed by atoms with van der Waals surface area (Å²) in [6.07, 6.45) is 4.97. The Balaban J connectivity index is 2.33. The first-order valence-corrected chi connectivity index (χ1v) is 3.82. The van der Waals surface area contributed by atoms with E-state index in [1.54, 1.807) is 0 Å². The molecule has 0 spiro atoms. The van der Waals surface area contributed by atoms with Crippen LogP contribution in [-0.4, -0.2) is 0 Å². The van der Waals surface area contributed by atoms with Gasteiger partial charge in [0, 0.05) is 0 Å². The molecule has 1 aliphatic rings. The molecule has 0 aliphatic heterocycles. The largest absolute Gasteiger partial charge is 0.266 e. The molecule has 0 aromatic rings. The lowest BCUT2D eigenvalue weighted by molar-refractivity contribution is 0.374. The van der Waals surface area contributed by atoms with E-state index in [1.165, 1.54) is 6.42 Å². The molecule has 0 unspecified atom stereocenters. The average molecular weight is 146 g/mol. The smallest absolute Gasteiger partial charge is 0.174 e. The van der Waals surface area contributed by atoms with Crippen LogP contribution in [0, 0.1) is 5.92 Å². The number of rotatable bonds is 1. The van der Waals surface area contributed by atoms with Gasteiger partial charge in [-0.05, 0) is 24.8 Å². The lowest BCUT2D eigenvalue weighted by Crippen LogP contribution is -2.02. The fourth-order valence-electron chi connectivity index (χ4n) is 1.48. The lowest BCUT2D eigenvalue weighted by atomic mass is 9.89. The van der Waals surface area contributed by atoms with Crippen molar-refractivity contribution in [3.8, 4) is 0 Å². The monoisotopic (exact) mass is 146 g/mol. The summed E-state index contributed by atoms with van der Waals surface area (Å²) in [4.78, 5) is 0. The molecule has 1 saturated carbocycles. The van der Waals surface area contributed by atoms with E-state index < -0.39 is 6.08 Å². The summed E-state index contributed by atoms with van der Waals surface area (Å²) in [5, 5.41) is 0. The van der Waals surface area contributed by atoms with Crippen molar-refractivity contribution in [1.82, 2.24) is 0 Å². The first-order valence-electron chi connectivity index (χ1n) is 3.82. The summed E-state index contributed by atoms with van der Waals surface area (Å²) in [6.45, 7) is 0. The SMILES string of the molecule is FC(F)=CC1CCCCC1. The van der Waals surface area contributed by atoms with Crippen LogP contribution in [0.5, 0.6) is 0 Å². The molecule has 1 fully saturated rings. The van der Waals surface area contributed by atoms with Crippen LogP contribution in [0.2, 0.25) is 0 Å². The molecule has 58 valence electrons. The number of hydrogen-bond acceptors (Lipinski definition) is 0. The minimum atomic E-state index is -1.51. The second kappa shape index (κ2) is 3.69. The van der Waals surface area contributed by atoms with E-state index in [0.29, 0.717) is 0 Å². The highest BCUT2D eigenvalue weighted by atomic mass is 19.3. The zero-order valence-corrected chi connectivity index (χ0v) is 5.95.